The van der Waals surface area contributed by atoms with Crippen LogP contribution < -0.4 is 10.6 Å². The fourth-order valence-corrected chi connectivity index (χ4v) is 3.03. The molecule has 1 amide bonds. The van der Waals surface area contributed by atoms with Crippen LogP contribution in [0.3, 0.4) is 0 Å². The van der Waals surface area contributed by atoms with Crippen molar-refractivity contribution in [3.8, 4) is 0 Å². The molecule has 0 aromatic heterocycles. The van der Waals surface area contributed by atoms with Crippen LogP contribution in [0, 0.1) is 17.7 Å². The van der Waals surface area contributed by atoms with Gasteiger partial charge in [-0.05, 0) is 56.0 Å². The summed E-state index contributed by atoms with van der Waals surface area (Å²) in [5, 5.41) is 5.98. The van der Waals surface area contributed by atoms with E-state index in [0.29, 0.717) is 18.3 Å². The van der Waals surface area contributed by atoms with E-state index in [2.05, 4.69) is 33.5 Å². The minimum absolute atomic E-state index is 0. The molecule has 1 fully saturated rings. The van der Waals surface area contributed by atoms with Crippen molar-refractivity contribution in [1.29, 1.82) is 0 Å². The lowest BCUT2D eigenvalue weighted by Gasteiger charge is -2.27. The molecule has 1 heterocycles. The Morgan fingerprint density at radius 3 is 2.81 bits per heavy atom. The molecule has 1 atom stereocenters. The number of hydrogen-bond donors (Lipinski definition) is 2. The maximum Gasteiger partial charge on any atom is 0.224 e. The number of anilines is 1. The van der Waals surface area contributed by atoms with Crippen molar-refractivity contribution in [2.24, 2.45) is 11.8 Å². The van der Waals surface area contributed by atoms with E-state index in [9.17, 15) is 9.18 Å². The molecule has 1 saturated heterocycles. The van der Waals surface area contributed by atoms with Gasteiger partial charge >= 0.3 is 0 Å². The first-order valence-corrected chi connectivity index (χ1v) is 7.81. The summed E-state index contributed by atoms with van der Waals surface area (Å²) in [5.41, 5.74) is 0.238. The van der Waals surface area contributed by atoms with Gasteiger partial charge in [0.15, 0.2) is 0 Å². The average Bonchev–Trinajstić information content (AvgIpc) is 2.43. The van der Waals surface area contributed by atoms with E-state index in [0.717, 1.165) is 30.4 Å². The van der Waals surface area contributed by atoms with Crippen LogP contribution in [0.4, 0.5) is 10.1 Å². The quantitative estimate of drug-likeness (QED) is 0.831. The summed E-state index contributed by atoms with van der Waals surface area (Å²) in [7, 11) is 0. The number of hydrogen-bond acceptors (Lipinski definition) is 2. The molecule has 0 aliphatic carbocycles. The highest BCUT2D eigenvalue weighted by Gasteiger charge is 2.22. The number of benzene rings is 1. The van der Waals surface area contributed by atoms with Gasteiger partial charge in [-0.2, -0.15) is 0 Å². The monoisotopic (exact) mass is 378 g/mol. The Balaban J connectivity index is 0.00000220. The molecule has 1 aromatic carbocycles. The van der Waals surface area contributed by atoms with Gasteiger partial charge in [0.05, 0.1) is 5.69 Å². The molecular formula is C15H21BrClFN2O. The van der Waals surface area contributed by atoms with Crippen LogP contribution >= 0.6 is 28.3 Å². The lowest BCUT2D eigenvalue weighted by molar-refractivity contribution is -0.117. The first-order valence-electron chi connectivity index (χ1n) is 7.02. The molecule has 118 valence electrons. The second-order valence-corrected chi connectivity index (χ2v) is 6.36. The highest BCUT2D eigenvalue weighted by atomic mass is 79.9. The zero-order valence-electron chi connectivity index (χ0n) is 12.0. The van der Waals surface area contributed by atoms with Gasteiger partial charge in [0.25, 0.3) is 0 Å². The summed E-state index contributed by atoms with van der Waals surface area (Å²) >= 11 is 3.27. The van der Waals surface area contributed by atoms with E-state index < -0.39 is 5.82 Å². The molecule has 1 aliphatic heterocycles. The van der Waals surface area contributed by atoms with Crippen LogP contribution in [0.1, 0.15) is 26.2 Å². The minimum Gasteiger partial charge on any atom is -0.324 e. The maximum absolute atomic E-state index is 13.6. The van der Waals surface area contributed by atoms with Crippen molar-refractivity contribution < 1.29 is 9.18 Å². The molecule has 2 rings (SSSR count). The van der Waals surface area contributed by atoms with Gasteiger partial charge in [-0.3, -0.25) is 4.79 Å². The molecule has 0 radical (unpaired) electrons. The zero-order chi connectivity index (χ0) is 14.5. The minimum atomic E-state index is -0.406. The molecule has 1 unspecified atom stereocenters. The van der Waals surface area contributed by atoms with Gasteiger partial charge < -0.3 is 10.6 Å². The topological polar surface area (TPSA) is 41.1 Å². The third-order valence-electron chi connectivity index (χ3n) is 3.90. The molecule has 6 heteroatoms. The van der Waals surface area contributed by atoms with Crippen molar-refractivity contribution >= 4 is 39.9 Å². The number of carbonyl (C=O) groups excluding carboxylic acids is 1. The molecule has 3 nitrogen and oxygen atoms in total. The molecule has 1 aromatic rings. The predicted molar refractivity (Wildman–Crippen MR) is 89.4 cm³/mol. The molecule has 21 heavy (non-hydrogen) atoms. The van der Waals surface area contributed by atoms with E-state index in [1.807, 2.05) is 0 Å². The number of piperidine rings is 1. The van der Waals surface area contributed by atoms with Gasteiger partial charge in [0, 0.05) is 10.9 Å². The van der Waals surface area contributed by atoms with Gasteiger partial charge in [-0.15, -0.1) is 12.4 Å². The number of rotatable bonds is 4. The van der Waals surface area contributed by atoms with Crippen LogP contribution in [0.25, 0.3) is 0 Å². The van der Waals surface area contributed by atoms with Gasteiger partial charge in [0.1, 0.15) is 5.82 Å². The Kier molecular flexibility index (Phi) is 7.63. The normalized spacial score (nSPS) is 16.9. The summed E-state index contributed by atoms with van der Waals surface area (Å²) in [6.45, 7) is 4.15. The Labute approximate surface area is 139 Å². The summed E-state index contributed by atoms with van der Waals surface area (Å²) in [6.07, 6.45) is 2.66. The van der Waals surface area contributed by atoms with E-state index in [1.165, 1.54) is 6.07 Å². The van der Waals surface area contributed by atoms with Crippen molar-refractivity contribution in [3.05, 3.63) is 28.5 Å². The molecule has 0 saturated carbocycles. The van der Waals surface area contributed by atoms with E-state index in [4.69, 9.17) is 0 Å². The first kappa shape index (κ1) is 18.4. The highest BCUT2D eigenvalue weighted by Crippen LogP contribution is 2.25. The third kappa shape index (κ3) is 5.57. The fraction of sp³-hybridized carbons (Fsp3) is 0.533. The van der Waals surface area contributed by atoms with E-state index >= 15 is 0 Å². The van der Waals surface area contributed by atoms with E-state index in [1.54, 1.807) is 12.1 Å². The smallest absolute Gasteiger partial charge is 0.224 e. The predicted octanol–water partition coefficient (Wildman–Crippen LogP) is 3.97. The summed E-state index contributed by atoms with van der Waals surface area (Å²) in [5.74, 6) is 0.380. The van der Waals surface area contributed by atoms with Crippen LogP contribution in [-0.4, -0.2) is 19.0 Å². The van der Waals surface area contributed by atoms with Gasteiger partial charge in [-0.25, -0.2) is 4.39 Å². The SMILES string of the molecule is CC(CC(=O)Nc1cc(Br)ccc1F)C1CCNCC1.Cl. The summed E-state index contributed by atoms with van der Waals surface area (Å²) in [4.78, 5) is 12.0. The lowest BCUT2D eigenvalue weighted by atomic mass is 9.84. The summed E-state index contributed by atoms with van der Waals surface area (Å²) < 4.78 is 14.3. The zero-order valence-corrected chi connectivity index (χ0v) is 14.4. The number of carbonyl (C=O) groups is 1. The largest absolute Gasteiger partial charge is 0.324 e. The van der Waals surface area contributed by atoms with Crippen molar-refractivity contribution in [3.63, 3.8) is 0 Å². The Hall–Kier alpha value is -0.650. The first-order chi connectivity index (χ1) is 9.56. The number of amides is 1. The van der Waals surface area contributed by atoms with Crippen molar-refractivity contribution in [1.82, 2.24) is 5.32 Å². The van der Waals surface area contributed by atoms with Crippen LogP contribution in [0.5, 0.6) is 0 Å². The molecule has 1 aliphatic rings. The van der Waals surface area contributed by atoms with Crippen molar-refractivity contribution in [2.45, 2.75) is 26.2 Å². The molecule has 2 N–H and O–H groups in total. The number of halogens is 3. The Morgan fingerprint density at radius 1 is 1.48 bits per heavy atom. The Bertz CT molecular complexity index is 481. The second kappa shape index (κ2) is 8.71. The standard InChI is InChI=1S/C15H20BrFN2O.ClH/c1-10(11-4-6-18-7-5-11)8-15(20)19-14-9-12(16)2-3-13(14)17;/h2-3,9-11,18H,4-8H2,1H3,(H,19,20);1H. The highest BCUT2D eigenvalue weighted by molar-refractivity contribution is 9.10. The van der Waals surface area contributed by atoms with Crippen LogP contribution in [0.15, 0.2) is 22.7 Å². The number of nitrogens with one attached hydrogen (secondary N) is 2. The lowest BCUT2D eigenvalue weighted by Crippen LogP contribution is -2.32. The second-order valence-electron chi connectivity index (χ2n) is 5.44. The molecular weight excluding hydrogens is 359 g/mol. The maximum atomic E-state index is 13.6. The van der Waals surface area contributed by atoms with Gasteiger partial charge in [-0.1, -0.05) is 22.9 Å². The van der Waals surface area contributed by atoms with Crippen LogP contribution in [0.2, 0.25) is 0 Å². The average molecular weight is 380 g/mol. The van der Waals surface area contributed by atoms with E-state index in [-0.39, 0.29) is 24.0 Å². The van der Waals surface area contributed by atoms with Gasteiger partial charge in [0.2, 0.25) is 5.91 Å². The fourth-order valence-electron chi connectivity index (χ4n) is 2.67. The molecule has 0 spiro atoms. The molecule has 0 bridgehead atoms. The third-order valence-corrected chi connectivity index (χ3v) is 4.39. The van der Waals surface area contributed by atoms with Crippen LogP contribution in [-0.2, 0) is 4.79 Å². The Morgan fingerprint density at radius 2 is 2.14 bits per heavy atom. The van der Waals surface area contributed by atoms with Crippen molar-refractivity contribution in [2.75, 3.05) is 18.4 Å². The summed E-state index contributed by atoms with van der Waals surface area (Å²) in [6, 6.07) is 4.54.